The van der Waals surface area contributed by atoms with Gasteiger partial charge in [0.1, 0.15) is 12.4 Å². The van der Waals surface area contributed by atoms with Crippen LogP contribution < -0.4 is 9.46 Å². The van der Waals surface area contributed by atoms with Crippen LogP contribution in [0.4, 0.5) is 0 Å². The van der Waals surface area contributed by atoms with Gasteiger partial charge in [0, 0.05) is 19.6 Å². The van der Waals surface area contributed by atoms with E-state index in [2.05, 4.69) is 11.6 Å². The molecule has 21 heavy (non-hydrogen) atoms. The predicted octanol–water partition coefficient (Wildman–Crippen LogP) is 1.94. The van der Waals surface area contributed by atoms with Crippen LogP contribution in [0.15, 0.2) is 24.3 Å². The fraction of sp³-hybridized carbons (Fsp3) is 0.600. The van der Waals surface area contributed by atoms with E-state index >= 15 is 0 Å². The van der Waals surface area contributed by atoms with E-state index in [-0.39, 0.29) is 6.54 Å². The minimum Gasteiger partial charge on any atom is -0.492 e. The molecule has 0 saturated carbocycles. The maximum atomic E-state index is 12.1. The van der Waals surface area contributed by atoms with Gasteiger partial charge in [0.05, 0.1) is 0 Å². The van der Waals surface area contributed by atoms with Gasteiger partial charge in [-0.3, -0.25) is 0 Å². The van der Waals surface area contributed by atoms with Gasteiger partial charge in [0.15, 0.2) is 0 Å². The SMILES string of the molecule is Cc1cccc(OCCNS(=O)(=O)N2CCC(C)CC2)c1. The lowest BCUT2D eigenvalue weighted by atomic mass is 10.0. The fourth-order valence-electron chi connectivity index (χ4n) is 2.36. The van der Waals surface area contributed by atoms with Crippen molar-refractivity contribution < 1.29 is 13.2 Å². The monoisotopic (exact) mass is 312 g/mol. The smallest absolute Gasteiger partial charge is 0.279 e. The first-order valence-electron chi connectivity index (χ1n) is 7.41. The lowest BCUT2D eigenvalue weighted by molar-refractivity contribution is 0.281. The largest absolute Gasteiger partial charge is 0.492 e. The minimum atomic E-state index is -3.37. The highest BCUT2D eigenvalue weighted by Crippen LogP contribution is 2.17. The number of piperidine rings is 1. The van der Waals surface area contributed by atoms with Crippen LogP contribution in [-0.4, -0.2) is 39.0 Å². The lowest BCUT2D eigenvalue weighted by Gasteiger charge is -2.29. The molecule has 1 aliphatic rings. The van der Waals surface area contributed by atoms with Crippen molar-refractivity contribution in [3.8, 4) is 5.75 Å². The van der Waals surface area contributed by atoms with Crippen LogP contribution >= 0.6 is 0 Å². The zero-order valence-corrected chi connectivity index (χ0v) is 13.5. The third-order valence-electron chi connectivity index (χ3n) is 3.73. The first-order valence-corrected chi connectivity index (χ1v) is 8.85. The summed E-state index contributed by atoms with van der Waals surface area (Å²) in [5, 5.41) is 0. The molecule has 0 bridgehead atoms. The third-order valence-corrected chi connectivity index (χ3v) is 5.34. The van der Waals surface area contributed by atoms with Crippen molar-refractivity contribution in [1.82, 2.24) is 9.03 Å². The second-order valence-electron chi connectivity index (χ2n) is 5.65. The topological polar surface area (TPSA) is 58.6 Å². The number of rotatable bonds is 6. The normalized spacial score (nSPS) is 17.8. The van der Waals surface area contributed by atoms with Gasteiger partial charge < -0.3 is 4.74 Å². The van der Waals surface area contributed by atoms with Gasteiger partial charge in [-0.2, -0.15) is 17.4 Å². The predicted molar refractivity (Wildman–Crippen MR) is 83.6 cm³/mol. The second-order valence-corrected chi connectivity index (χ2v) is 7.40. The molecule has 1 aromatic carbocycles. The number of benzene rings is 1. The van der Waals surface area contributed by atoms with E-state index in [9.17, 15) is 8.42 Å². The summed E-state index contributed by atoms with van der Waals surface area (Å²) in [4.78, 5) is 0. The molecule has 0 aromatic heterocycles. The van der Waals surface area contributed by atoms with Gasteiger partial charge in [0.25, 0.3) is 10.2 Å². The summed E-state index contributed by atoms with van der Waals surface area (Å²) in [6.45, 7) is 5.97. The molecule has 6 heteroatoms. The summed E-state index contributed by atoms with van der Waals surface area (Å²) < 4.78 is 33.9. The number of aryl methyl sites for hydroxylation is 1. The van der Waals surface area contributed by atoms with Crippen LogP contribution in [0.25, 0.3) is 0 Å². The molecule has 5 nitrogen and oxygen atoms in total. The van der Waals surface area contributed by atoms with Gasteiger partial charge in [-0.1, -0.05) is 19.1 Å². The van der Waals surface area contributed by atoms with E-state index < -0.39 is 10.2 Å². The fourth-order valence-corrected chi connectivity index (χ4v) is 3.58. The Balaban J connectivity index is 1.74. The standard InChI is InChI=1S/C15H24N2O3S/c1-13-6-9-17(10-7-13)21(18,19)16-8-11-20-15-5-3-4-14(2)12-15/h3-5,12-13,16H,6-11H2,1-2H3. The molecule has 0 atom stereocenters. The van der Waals surface area contributed by atoms with Crippen LogP contribution in [0.3, 0.4) is 0 Å². The summed E-state index contributed by atoms with van der Waals surface area (Å²) in [6.07, 6.45) is 1.86. The molecule has 1 heterocycles. The Kier molecular flexibility index (Phi) is 5.61. The Morgan fingerprint density at radius 3 is 2.71 bits per heavy atom. The highest BCUT2D eigenvalue weighted by Gasteiger charge is 2.25. The summed E-state index contributed by atoms with van der Waals surface area (Å²) in [6, 6.07) is 7.71. The zero-order valence-electron chi connectivity index (χ0n) is 12.7. The third kappa shape index (κ3) is 4.98. The van der Waals surface area contributed by atoms with E-state index in [0.717, 1.165) is 24.2 Å². The van der Waals surface area contributed by atoms with Crippen LogP contribution in [0.2, 0.25) is 0 Å². The molecular weight excluding hydrogens is 288 g/mol. The molecule has 0 aliphatic carbocycles. The average molecular weight is 312 g/mol. The summed E-state index contributed by atoms with van der Waals surface area (Å²) in [7, 11) is -3.37. The van der Waals surface area contributed by atoms with Crippen LogP contribution in [0.1, 0.15) is 25.3 Å². The van der Waals surface area contributed by atoms with Crippen molar-refractivity contribution in [3.63, 3.8) is 0 Å². The Morgan fingerprint density at radius 1 is 1.33 bits per heavy atom. The number of hydrogen-bond acceptors (Lipinski definition) is 3. The van der Waals surface area contributed by atoms with Gasteiger partial charge >= 0.3 is 0 Å². The van der Waals surface area contributed by atoms with Crippen molar-refractivity contribution in [1.29, 1.82) is 0 Å². The van der Waals surface area contributed by atoms with Crippen LogP contribution in [0.5, 0.6) is 5.75 Å². The highest BCUT2D eigenvalue weighted by atomic mass is 32.2. The Labute approximate surface area is 127 Å². The minimum absolute atomic E-state index is 0.280. The lowest BCUT2D eigenvalue weighted by Crippen LogP contribution is -2.45. The zero-order chi connectivity index (χ0) is 15.3. The first kappa shape index (κ1) is 16.3. The molecule has 0 spiro atoms. The molecule has 1 aromatic rings. The first-order chi connectivity index (χ1) is 9.97. The summed E-state index contributed by atoms with van der Waals surface area (Å²) in [5.74, 6) is 1.38. The molecule has 1 aliphatic heterocycles. The molecular formula is C15H24N2O3S. The van der Waals surface area contributed by atoms with Crippen molar-refractivity contribution in [2.45, 2.75) is 26.7 Å². The van der Waals surface area contributed by atoms with Crippen LogP contribution in [-0.2, 0) is 10.2 Å². The Bertz CT molecular complexity index is 552. The maximum Gasteiger partial charge on any atom is 0.279 e. The van der Waals surface area contributed by atoms with Gasteiger partial charge in [-0.15, -0.1) is 0 Å². The number of nitrogens with one attached hydrogen (secondary N) is 1. The van der Waals surface area contributed by atoms with Gasteiger partial charge in [-0.05, 0) is 43.4 Å². The Morgan fingerprint density at radius 2 is 2.05 bits per heavy atom. The molecule has 2 rings (SSSR count). The van der Waals surface area contributed by atoms with E-state index in [4.69, 9.17) is 4.74 Å². The highest BCUT2D eigenvalue weighted by molar-refractivity contribution is 7.87. The van der Waals surface area contributed by atoms with E-state index in [1.807, 2.05) is 31.2 Å². The number of ether oxygens (including phenoxy) is 1. The summed E-state index contributed by atoms with van der Waals surface area (Å²) in [5.41, 5.74) is 1.12. The molecule has 0 radical (unpaired) electrons. The summed E-state index contributed by atoms with van der Waals surface area (Å²) >= 11 is 0. The van der Waals surface area contributed by atoms with Crippen molar-refractivity contribution in [2.75, 3.05) is 26.2 Å². The second kappa shape index (κ2) is 7.24. The molecule has 118 valence electrons. The Hall–Kier alpha value is -1.11. The maximum absolute atomic E-state index is 12.1. The molecule has 1 saturated heterocycles. The van der Waals surface area contributed by atoms with Crippen molar-refractivity contribution in [2.24, 2.45) is 5.92 Å². The number of hydrogen-bond donors (Lipinski definition) is 1. The molecule has 0 amide bonds. The van der Waals surface area contributed by atoms with E-state index in [1.165, 1.54) is 4.31 Å². The molecule has 0 unspecified atom stereocenters. The van der Waals surface area contributed by atoms with Gasteiger partial charge in [0.2, 0.25) is 0 Å². The quantitative estimate of drug-likeness (QED) is 0.817. The van der Waals surface area contributed by atoms with E-state index in [0.29, 0.717) is 25.6 Å². The van der Waals surface area contributed by atoms with Gasteiger partial charge in [-0.25, -0.2) is 0 Å². The van der Waals surface area contributed by atoms with Crippen LogP contribution in [0, 0.1) is 12.8 Å². The van der Waals surface area contributed by atoms with Crippen molar-refractivity contribution >= 4 is 10.2 Å². The van der Waals surface area contributed by atoms with Crippen molar-refractivity contribution in [3.05, 3.63) is 29.8 Å². The molecule has 1 N–H and O–H groups in total. The average Bonchev–Trinajstić information content (AvgIpc) is 2.44. The van der Waals surface area contributed by atoms with E-state index in [1.54, 1.807) is 0 Å². The molecule has 1 fully saturated rings. The number of nitrogens with zero attached hydrogens (tertiary/aromatic N) is 1.